The predicted molar refractivity (Wildman–Crippen MR) is 85.0 cm³/mol. The summed E-state index contributed by atoms with van der Waals surface area (Å²) in [5.41, 5.74) is 8.24. The summed E-state index contributed by atoms with van der Waals surface area (Å²) in [5.74, 6) is 0. The molecule has 0 radical (unpaired) electrons. The van der Waals surface area contributed by atoms with Crippen molar-refractivity contribution in [2.45, 2.75) is 44.7 Å². The van der Waals surface area contributed by atoms with Crippen LogP contribution in [-0.4, -0.2) is 37.1 Å². The molecule has 0 aromatic heterocycles. The quantitative estimate of drug-likeness (QED) is 0.919. The smallest absolute Gasteiger partial charge is 0.0366 e. The molecule has 0 aliphatic carbocycles. The molecule has 0 amide bonds. The molecule has 3 heteroatoms. The molecule has 110 valence electrons. The van der Waals surface area contributed by atoms with Crippen LogP contribution in [0, 0.1) is 0 Å². The van der Waals surface area contributed by atoms with E-state index in [0.717, 1.165) is 6.04 Å². The van der Waals surface area contributed by atoms with Gasteiger partial charge < -0.3 is 15.5 Å². The number of rotatable bonds is 3. The molecule has 0 unspecified atom stereocenters. The minimum absolute atomic E-state index is 0.636. The standard InChI is InChI=1S/C17H27N3/c18-14-15-4-6-16(7-5-15)20-12-8-17(9-13-20)19-10-2-1-3-11-19/h4-7,17H,1-3,8-14,18H2. The fourth-order valence-corrected chi connectivity index (χ4v) is 3.62. The number of nitrogens with two attached hydrogens (primary N) is 1. The summed E-state index contributed by atoms with van der Waals surface area (Å²) in [6.07, 6.45) is 6.88. The molecular weight excluding hydrogens is 246 g/mol. The molecule has 0 bridgehead atoms. The molecule has 3 nitrogen and oxygen atoms in total. The van der Waals surface area contributed by atoms with Gasteiger partial charge in [0.2, 0.25) is 0 Å². The number of benzene rings is 1. The third kappa shape index (κ3) is 3.15. The Morgan fingerprint density at radius 3 is 2.15 bits per heavy atom. The molecule has 2 aliphatic heterocycles. The Kier molecular flexibility index (Phi) is 4.58. The molecule has 1 aromatic carbocycles. The highest BCUT2D eigenvalue weighted by atomic mass is 15.2. The molecule has 20 heavy (non-hydrogen) atoms. The van der Waals surface area contributed by atoms with Crippen LogP contribution in [0.3, 0.4) is 0 Å². The lowest BCUT2D eigenvalue weighted by atomic mass is 9.99. The second-order valence-corrected chi connectivity index (χ2v) is 6.19. The van der Waals surface area contributed by atoms with E-state index >= 15 is 0 Å². The van der Waals surface area contributed by atoms with Gasteiger partial charge in [-0.25, -0.2) is 0 Å². The second kappa shape index (κ2) is 6.59. The maximum Gasteiger partial charge on any atom is 0.0366 e. The minimum Gasteiger partial charge on any atom is -0.371 e. The zero-order valence-electron chi connectivity index (χ0n) is 12.4. The van der Waals surface area contributed by atoms with Gasteiger partial charge in [0, 0.05) is 31.4 Å². The lowest BCUT2D eigenvalue weighted by Crippen LogP contribution is -2.46. The van der Waals surface area contributed by atoms with Crippen molar-refractivity contribution in [1.82, 2.24) is 4.90 Å². The zero-order chi connectivity index (χ0) is 13.8. The van der Waals surface area contributed by atoms with Crippen molar-refractivity contribution < 1.29 is 0 Å². The number of nitrogens with zero attached hydrogens (tertiary/aromatic N) is 2. The first kappa shape index (κ1) is 13.9. The fourth-order valence-electron chi connectivity index (χ4n) is 3.62. The van der Waals surface area contributed by atoms with Crippen molar-refractivity contribution in [2.75, 3.05) is 31.1 Å². The molecule has 0 saturated carbocycles. The van der Waals surface area contributed by atoms with E-state index in [1.54, 1.807) is 0 Å². The molecule has 2 aliphatic rings. The van der Waals surface area contributed by atoms with Crippen LogP contribution in [0.15, 0.2) is 24.3 Å². The van der Waals surface area contributed by atoms with Crippen LogP contribution >= 0.6 is 0 Å². The largest absolute Gasteiger partial charge is 0.371 e. The van der Waals surface area contributed by atoms with Gasteiger partial charge in [0.05, 0.1) is 0 Å². The van der Waals surface area contributed by atoms with E-state index in [0.29, 0.717) is 6.54 Å². The van der Waals surface area contributed by atoms with Crippen LogP contribution in [0.5, 0.6) is 0 Å². The van der Waals surface area contributed by atoms with E-state index in [1.165, 1.54) is 69.5 Å². The van der Waals surface area contributed by atoms with Crippen molar-refractivity contribution >= 4 is 5.69 Å². The Morgan fingerprint density at radius 1 is 0.900 bits per heavy atom. The first-order chi connectivity index (χ1) is 9.86. The van der Waals surface area contributed by atoms with Gasteiger partial charge in [-0.1, -0.05) is 18.6 Å². The summed E-state index contributed by atoms with van der Waals surface area (Å²) in [6.45, 7) is 5.69. The summed E-state index contributed by atoms with van der Waals surface area (Å²) in [5, 5.41) is 0. The van der Waals surface area contributed by atoms with E-state index < -0.39 is 0 Å². The van der Waals surface area contributed by atoms with E-state index in [9.17, 15) is 0 Å². The third-order valence-electron chi connectivity index (χ3n) is 4.91. The topological polar surface area (TPSA) is 32.5 Å². The third-order valence-corrected chi connectivity index (χ3v) is 4.91. The average Bonchev–Trinajstić information content (AvgIpc) is 2.56. The van der Waals surface area contributed by atoms with Gasteiger partial charge in [0.15, 0.2) is 0 Å². The van der Waals surface area contributed by atoms with Gasteiger partial charge in [-0.05, 0) is 56.5 Å². The van der Waals surface area contributed by atoms with Crippen LogP contribution in [-0.2, 0) is 6.54 Å². The highest BCUT2D eigenvalue weighted by Gasteiger charge is 2.25. The summed E-state index contributed by atoms with van der Waals surface area (Å²) in [4.78, 5) is 5.26. The van der Waals surface area contributed by atoms with Crippen LogP contribution in [0.1, 0.15) is 37.7 Å². The Bertz CT molecular complexity index is 401. The van der Waals surface area contributed by atoms with Crippen LogP contribution in [0.4, 0.5) is 5.69 Å². The Hall–Kier alpha value is -1.06. The molecule has 2 fully saturated rings. The van der Waals surface area contributed by atoms with E-state index in [4.69, 9.17) is 5.73 Å². The highest BCUT2D eigenvalue weighted by Crippen LogP contribution is 2.24. The van der Waals surface area contributed by atoms with Crippen molar-refractivity contribution in [3.05, 3.63) is 29.8 Å². The number of anilines is 1. The lowest BCUT2D eigenvalue weighted by Gasteiger charge is -2.41. The minimum atomic E-state index is 0.636. The molecule has 2 N–H and O–H groups in total. The summed E-state index contributed by atoms with van der Waals surface area (Å²) in [7, 11) is 0. The summed E-state index contributed by atoms with van der Waals surface area (Å²) >= 11 is 0. The number of hydrogen-bond acceptors (Lipinski definition) is 3. The number of likely N-dealkylation sites (tertiary alicyclic amines) is 1. The van der Waals surface area contributed by atoms with E-state index in [2.05, 4.69) is 34.1 Å². The van der Waals surface area contributed by atoms with Crippen molar-refractivity contribution in [3.8, 4) is 0 Å². The van der Waals surface area contributed by atoms with E-state index in [1.807, 2.05) is 0 Å². The molecule has 2 heterocycles. The van der Waals surface area contributed by atoms with Gasteiger partial charge in [-0.3, -0.25) is 0 Å². The Morgan fingerprint density at radius 2 is 1.55 bits per heavy atom. The fraction of sp³-hybridized carbons (Fsp3) is 0.647. The zero-order valence-corrected chi connectivity index (χ0v) is 12.4. The SMILES string of the molecule is NCc1ccc(N2CCC(N3CCCCC3)CC2)cc1. The molecule has 0 spiro atoms. The maximum absolute atomic E-state index is 5.66. The van der Waals surface area contributed by atoms with Gasteiger partial charge in [-0.2, -0.15) is 0 Å². The van der Waals surface area contributed by atoms with Gasteiger partial charge >= 0.3 is 0 Å². The molecule has 0 atom stereocenters. The van der Waals surface area contributed by atoms with Crippen molar-refractivity contribution in [2.24, 2.45) is 5.73 Å². The second-order valence-electron chi connectivity index (χ2n) is 6.19. The normalized spacial score (nSPS) is 22.1. The van der Waals surface area contributed by atoms with Crippen molar-refractivity contribution in [3.63, 3.8) is 0 Å². The van der Waals surface area contributed by atoms with Gasteiger partial charge in [0.25, 0.3) is 0 Å². The highest BCUT2D eigenvalue weighted by molar-refractivity contribution is 5.48. The molecule has 3 rings (SSSR count). The van der Waals surface area contributed by atoms with Crippen LogP contribution < -0.4 is 10.6 Å². The molecule has 2 saturated heterocycles. The Labute approximate surface area is 122 Å². The first-order valence-corrected chi connectivity index (χ1v) is 8.15. The summed E-state index contributed by atoms with van der Waals surface area (Å²) < 4.78 is 0. The molecular formula is C17H27N3. The predicted octanol–water partition coefficient (Wildman–Crippen LogP) is 2.60. The first-order valence-electron chi connectivity index (χ1n) is 8.15. The average molecular weight is 273 g/mol. The van der Waals surface area contributed by atoms with E-state index in [-0.39, 0.29) is 0 Å². The van der Waals surface area contributed by atoms with Crippen LogP contribution in [0.25, 0.3) is 0 Å². The Balaban J connectivity index is 1.54. The number of hydrogen-bond donors (Lipinski definition) is 1. The van der Waals surface area contributed by atoms with Gasteiger partial charge in [0.1, 0.15) is 0 Å². The monoisotopic (exact) mass is 273 g/mol. The lowest BCUT2D eigenvalue weighted by molar-refractivity contribution is 0.141. The van der Waals surface area contributed by atoms with Crippen LogP contribution in [0.2, 0.25) is 0 Å². The molecule has 1 aromatic rings. The summed E-state index contributed by atoms with van der Waals surface area (Å²) in [6, 6.07) is 9.60. The number of piperidine rings is 2. The van der Waals surface area contributed by atoms with Crippen molar-refractivity contribution in [1.29, 1.82) is 0 Å². The van der Waals surface area contributed by atoms with Gasteiger partial charge in [-0.15, -0.1) is 0 Å². The maximum atomic E-state index is 5.66.